The Labute approximate surface area is 157 Å². The molecule has 0 aromatic carbocycles. The van der Waals surface area contributed by atoms with Gasteiger partial charge in [0, 0.05) is 65.6 Å². The van der Waals surface area contributed by atoms with Crippen LogP contribution in [0.25, 0.3) is 0 Å². The van der Waals surface area contributed by atoms with Crippen LogP contribution in [0.4, 0.5) is 5.82 Å². The first kappa shape index (κ1) is 19.1. The van der Waals surface area contributed by atoms with Crippen molar-refractivity contribution in [3.05, 3.63) is 23.9 Å². The molecular formula is C20H33N5O. The topological polar surface area (TPSA) is 42.9 Å². The van der Waals surface area contributed by atoms with E-state index in [1.807, 2.05) is 31.1 Å². The Kier molecular flexibility index (Phi) is 6.48. The summed E-state index contributed by atoms with van der Waals surface area (Å²) < 4.78 is 0. The van der Waals surface area contributed by atoms with E-state index in [1.54, 1.807) is 6.20 Å². The second-order valence-corrected chi connectivity index (χ2v) is 7.85. The average Bonchev–Trinajstić information content (AvgIpc) is 2.67. The number of hydrogen-bond acceptors (Lipinski definition) is 5. The van der Waals surface area contributed by atoms with E-state index < -0.39 is 0 Å². The summed E-state index contributed by atoms with van der Waals surface area (Å²) in [7, 11) is 6.08. The van der Waals surface area contributed by atoms with Gasteiger partial charge in [0.1, 0.15) is 5.82 Å². The first-order valence-corrected chi connectivity index (χ1v) is 9.90. The molecule has 0 unspecified atom stereocenters. The van der Waals surface area contributed by atoms with Crippen LogP contribution < -0.4 is 4.90 Å². The highest BCUT2D eigenvalue weighted by Crippen LogP contribution is 2.25. The number of amides is 1. The maximum atomic E-state index is 13.3. The number of nitrogens with zero attached hydrogens (tertiary/aromatic N) is 5. The van der Waals surface area contributed by atoms with E-state index in [0.29, 0.717) is 6.04 Å². The van der Waals surface area contributed by atoms with Gasteiger partial charge in [-0.15, -0.1) is 0 Å². The van der Waals surface area contributed by atoms with Gasteiger partial charge < -0.3 is 19.6 Å². The Hall–Kier alpha value is -1.66. The number of rotatable bonds is 5. The molecular weight excluding hydrogens is 326 g/mol. The summed E-state index contributed by atoms with van der Waals surface area (Å²) in [5.41, 5.74) is 0.726. The van der Waals surface area contributed by atoms with Crippen LogP contribution in [0.5, 0.6) is 0 Å². The molecule has 3 rings (SSSR count). The number of likely N-dealkylation sites (tertiary alicyclic amines) is 1. The monoisotopic (exact) mass is 359 g/mol. The molecule has 6 nitrogen and oxygen atoms in total. The van der Waals surface area contributed by atoms with Crippen molar-refractivity contribution in [1.82, 2.24) is 19.7 Å². The van der Waals surface area contributed by atoms with Gasteiger partial charge in [-0.05, 0) is 44.9 Å². The quantitative estimate of drug-likeness (QED) is 0.802. The van der Waals surface area contributed by atoms with Crippen LogP contribution in [0.15, 0.2) is 18.3 Å². The fourth-order valence-corrected chi connectivity index (χ4v) is 4.05. The summed E-state index contributed by atoms with van der Waals surface area (Å²) in [6.07, 6.45) is 6.29. The molecule has 0 saturated carbocycles. The SMILES string of the molecule is CN1CCN(CC[C@@H]2CCCCN2C(=O)c2cccnc2N(C)C)CC1. The number of pyridine rings is 1. The number of likely N-dealkylation sites (N-methyl/N-ethyl adjacent to an activating group) is 1. The summed E-state index contributed by atoms with van der Waals surface area (Å²) in [5.74, 6) is 0.908. The van der Waals surface area contributed by atoms with Crippen LogP contribution in [0, 0.1) is 0 Å². The first-order chi connectivity index (χ1) is 12.6. The minimum absolute atomic E-state index is 0.143. The minimum atomic E-state index is 0.143. The summed E-state index contributed by atoms with van der Waals surface area (Å²) in [6, 6.07) is 4.13. The van der Waals surface area contributed by atoms with Gasteiger partial charge in [0.25, 0.3) is 5.91 Å². The van der Waals surface area contributed by atoms with Crippen molar-refractivity contribution >= 4 is 11.7 Å². The molecule has 3 heterocycles. The highest BCUT2D eigenvalue weighted by molar-refractivity contribution is 5.99. The van der Waals surface area contributed by atoms with Gasteiger partial charge >= 0.3 is 0 Å². The van der Waals surface area contributed by atoms with Crippen LogP contribution >= 0.6 is 0 Å². The molecule has 26 heavy (non-hydrogen) atoms. The molecule has 0 aliphatic carbocycles. The molecule has 1 amide bonds. The first-order valence-electron chi connectivity index (χ1n) is 9.90. The van der Waals surface area contributed by atoms with Gasteiger partial charge in [0.15, 0.2) is 0 Å². The Morgan fingerprint density at radius 3 is 2.69 bits per heavy atom. The molecule has 2 aliphatic heterocycles. The maximum absolute atomic E-state index is 13.3. The van der Waals surface area contributed by atoms with Crippen molar-refractivity contribution in [3.8, 4) is 0 Å². The standard InChI is InChI=1S/C20H33N5O/c1-22(2)19-18(8-6-10-21-19)20(26)25-11-5-4-7-17(25)9-12-24-15-13-23(3)14-16-24/h6,8,10,17H,4-5,7,9,11-16H2,1-3H3/t17-/m0/s1. The van der Waals surface area contributed by atoms with E-state index >= 15 is 0 Å². The molecule has 1 aromatic rings. The largest absolute Gasteiger partial charge is 0.362 e. The van der Waals surface area contributed by atoms with Crippen LogP contribution in [-0.4, -0.2) is 92.0 Å². The van der Waals surface area contributed by atoms with E-state index in [-0.39, 0.29) is 5.91 Å². The van der Waals surface area contributed by atoms with E-state index in [0.717, 1.165) is 69.9 Å². The van der Waals surface area contributed by atoms with Crippen LogP contribution in [0.2, 0.25) is 0 Å². The highest BCUT2D eigenvalue weighted by atomic mass is 16.2. The zero-order chi connectivity index (χ0) is 18.5. The van der Waals surface area contributed by atoms with Gasteiger partial charge in [-0.3, -0.25) is 4.79 Å². The number of piperazine rings is 1. The number of carbonyl (C=O) groups excluding carboxylic acids is 1. The fourth-order valence-electron chi connectivity index (χ4n) is 4.05. The summed E-state index contributed by atoms with van der Waals surface area (Å²) in [5, 5.41) is 0. The molecule has 1 atom stereocenters. The third-order valence-corrected chi connectivity index (χ3v) is 5.70. The second-order valence-electron chi connectivity index (χ2n) is 7.85. The van der Waals surface area contributed by atoms with E-state index in [4.69, 9.17) is 0 Å². The molecule has 2 fully saturated rings. The summed E-state index contributed by atoms with van der Waals surface area (Å²) in [6.45, 7) is 6.54. The zero-order valence-electron chi connectivity index (χ0n) is 16.5. The third-order valence-electron chi connectivity index (χ3n) is 5.70. The number of piperidine rings is 1. The predicted octanol–water partition coefficient (Wildman–Crippen LogP) is 1.78. The Morgan fingerprint density at radius 2 is 1.96 bits per heavy atom. The molecule has 144 valence electrons. The zero-order valence-corrected chi connectivity index (χ0v) is 16.5. The van der Waals surface area contributed by atoms with Crippen molar-refractivity contribution in [2.24, 2.45) is 0 Å². The Bertz CT molecular complexity index is 598. The lowest BCUT2D eigenvalue weighted by atomic mass is 9.97. The molecule has 0 spiro atoms. The predicted molar refractivity (Wildman–Crippen MR) is 106 cm³/mol. The van der Waals surface area contributed by atoms with Crippen LogP contribution in [0.1, 0.15) is 36.0 Å². The second kappa shape index (κ2) is 8.82. The van der Waals surface area contributed by atoms with Crippen LogP contribution in [0.3, 0.4) is 0 Å². The smallest absolute Gasteiger partial charge is 0.257 e. The van der Waals surface area contributed by atoms with Crippen molar-refractivity contribution in [3.63, 3.8) is 0 Å². The molecule has 6 heteroatoms. The Morgan fingerprint density at radius 1 is 1.19 bits per heavy atom. The van der Waals surface area contributed by atoms with Gasteiger partial charge in [0.05, 0.1) is 5.56 Å². The molecule has 2 saturated heterocycles. The molecule has 2 aliphatic rings. The van der Waals surface area contributed by atoms with Crippen LogP contribution in [-0.2, 0) is 0 Å². The van der Waals surface area contributed by atoms with Gasteiger partial charge in [0.2, 0.25) is 0 Å². The Balaban J connectivity index is 1.66. The highest BCUT2D eigenvalue weighted by Gasteiger charge is 2.29. The molecule has 0 bridgehead atoms. The van der Waals surface area contributed by atoms with Gasteiger partial charge in [-0.25, -0.2) is 4.98 Å². The van der Waals surface area contributed by atoms with Crippen molar-refractivity contribution in [1.29, 1.82) is 0 Å². The molecule has 0 radical (unpaired) electrons. The maximum Gasteiger partial charge on any atom is 0.257 e. The lowest BCUT2D eigenvalue weighted by Gasteiger charge is -2.38. The normalized spacial score (nSPS) is 22.4. The van der Waals surface area contributed by atoms with E-state index in [1.165, 1.54) is 6.42 Å². The van der Waals surface area contributed by atoms with Crippen molar-refractivity contribution in [2.75, 3.05) is 65.3 Å². The van der Waals surface area contributed by atoms with Crippen molar-refractivity contribution < 1.29 is 4.79 Å². The number of aromatic nitrogens is 1. The molecule has 1 aromatic heterocycles. The summed E-state index contributed by atoms with van der Waals surface area (Å²) in [4.78, 5) is 26.7. The molecule has 0 N–H and O–H groups in total. The lowest BCUT2D eigenvalue weighted by Crippen LogP contribution is -2.48. The minimum Gasteiger partial charge on any atom is -0.362 e. The van der Waals surface area contributed by atoms with E-state index in [9.17, 15) is 4.79 Å². The number of hydrogen-bond donors (Lipinski definition) is 0. The fraction of sp³-hybridized carbons (Fsp3) is 0.700. The van der Waals surface area contributed by atoms with Crippen molar-refractivity contribution in [2.45, 2.75) is 31.7 Å². The van der Waals surface area contributed by atoms with Gasteiger partial charge in [-0.1, -0.05) is 0 Å². The average molecular weight is 360 g/mol. The number of anilines is 1. The van der Waals surface area contributed by atoms with E-state index in [2.05, 4.69) is 26.7 Å². The summed E-state index contributed by atoms with van der Waals surface area (Å²) >= 11 is 0. The number of carbonyl (C=O) groups is 1. The lowest BCUT2D eigenvalue weighted by molar-refractivity contribution is 0.0570. The third kappa shape index (κ3) is 4.54. The van der Waals surface area contributed by atoms with Gasteiger partial charge in [-0.2, -0.15) is 0 Å².